The number of benzene rings is 1. The first-order chi connectivity index (χ1) is 13.1. The van der Waals surface area contributed by atoms with Crippen molar-refractivity contribution < 1.29 is 24.3 Å². The Bertz CT molecular complexity index is 953. The van der Waals surface area contributed by atoms with Crippen molar-refractivity contribution in [2.45, 2.75) is 33.2 Å². The number of anilines is 1. The first kappa shape index (κ1) is 20.2. The number of amides is 3. The molecule has 0 bridgehead atoms. The molecule has 1 atom stereocenters. The van der Waals surface area contributed by atoms with Crippen LogP contribution in [0.2, 0.25) is 0 Å². The van der Waals surface area contributed by atoms with Crippen LogP contribution in [0.15, 0.2) is 29.2 Å². The van der Waals surface area contributed by atoms with E-state index >= 15 is 0 Å². The Hall–Kier alpha value is -2.52. The van der Waals surface area contributed by atoms with Crippen LogP contribution >= 0.6 is 24.0 Å². The third-order valence-corrected chi connectivity index (χ3v) is 5.86. The van der Waals surface area contributed by atoms with Gasteiger partial charge in [0, 0.05) is 12.5 Å². The second kappa shape index (κ2) is 7.48. The number of carbonyl (C=O) groups excluding carboxylic acids is 3. The average molecular weight is 418 g/mol. The minimum atomic E-state index is -1.15. The minimum Gasteiger partial charge on any atom is -0.480 e. The first-order valence-corrected chi connectivity index (χ1v) is 9.84. The Kier molecular flexibility index (Phi) is 5.40. The van der Waals surface area contributed by atoms with Crippen molar-refractivity contribution in [1.29, 1.82) is 0 Å². The summed E-state index contributed by atoms with van der Waals surface area (Å²) in [5.74, 6) is -2.82. The highest BCUT2D eigenvalue weighted by Gasteiger charge is 2.46. The largest absolute Gasteiger partial charge is 0.480 e. The quantitative estimate of drug-likeness (QED) is 0.593. The lowest BCUT2D eigenvalue weighted by molar-refractivity contribution is -0.145. The number of hydrogen-bond acceptors (Lipinski definition) is 6. The van der Waals surface area contributed by atoms with Crippen molar-refractivity contribution in [1.82, 2.24) is 4.90 Å². The number of thioether (sulfide) groups is 1. The molecule has 3 amide bonds. The van der Waals surface area contributed by atoms with Crippen molar-refractivity contribution in [3.8, 4) is 0 Å². The average Bonchev–Trinajstić information content (AvgIpc) is 3.05. The molecule has 1 unspecified atom stereocenters. The molecule has 9 heteroatoms. The maximum Gasteiger partial charge on any atom is 0.326 e. The van der Waals surface area contributed by atoms with E-state index < -0.39 is 29.7 Å². The third-order valence-electron chi connectivity index (χ3n) is 4.46. The molecule has 28 heavy (non-hydrogen) atoms. The highest BCUT2D eigenvalue weighted by Crippen LogP contribution is 2.45. The molecule has 0 aliphatic carbocycles. The van der Waals surface area contributed by atoms with Gasteiger partial charge in [0.1, 0.15) is 10.4 Å². The zero-order chi connectivity index (χ0) is 20.7. The van der Waals surface area contributed by atoms with Gasteiger partial charge in [0.05, 0.1) is 16.2 Å². The number of nitrogens with zero attached hydrogens (tertiary/aromatic N) is 2. The van der Waals surface area contributed by atoms with Crippen LogP contribution in [0.1, 0.15) is 32.8 Å². The van der Waals surface area contributed by atoms with Gasteiger partial charge in [-0.1, -0.05) is 56.0 Å². The Labute approximate surface area is 171 Å². The monoisotopic (exact) mass is 418 g/mol. The van der Waals surface area contributed by atoms with E-state index in [1.807, 2.05) is 13.8 Å². The summed E-state index contributed by atoms with van der Waals surface area (Å²) >= 11 is 6.17. The van der Waals surface area contributed by atoms with Crippen LogP contribution < -0.4 is 4.90 Å². The van der Waals surface area contributed by atoms with Gasteiger partial charge in [0.15, 0.2) is 0 Å². The fourth-order valence-corrected chi connectivity index (χ4v) is 4.74. The number of fused-ring (bicyclic) bond motifs is 1. The van der Waals surface area contributed by atoms with E-state index in [1.165, 1.54) is 6.92 Å². The number of imide groups is 1. The van der Waals surface area contributed by atoms with Gasteiger partial charge < -0.3 is 5.11 Å². The SMILES string of the molecule is CC(=O)N1C(=O)C(=C2SC(=S)N(C(CC(C)C)C(=O)O)C2=O)c2ccccc21. The zero-order valence-corrected chi connectivity index (χ0v) is 17.1. The molecule has 3 rings (SSSR count). The first-order valence-electron chi connectivity index (χ1n) is 8.62. The molecule has 7 nitrogen and oxygen atoms in total. The molecule has 1 saturated heterocycles. The molecule has 0 radical (unpaired) electrons. The summed E-state index contributed by atoms with van der Waals surface area (Å²) in [5, 5.41) is 9.60. The molecule has 0 saturated carbocycles. The topological polar surface area (TPSA) is 95.0 Å². The van der Waals surface area contributed by atoms with Crippen LogP contribution in [0.3, 0.4) is 0 Å². The summed E-state index contributed by atoms with van der Waals surface area (Å²) in [7, 11) is 0. The van der Waals surface area contributed by atoms with E-state index in [9.17, 15) is 24.3 Å². The summed E-state index contributed by atoms with van der Waals surface area (Å²) in [6.07, 6.45) is 0.231. The fraction of sp³-hybridized carbons (Fsp3) is 0.316. The summed E-state index contributed by atoms with van der Waals surface area (Å²) in [6, 6.07) is 5.57. The van der Waals surface area contributed by atoms with Gasteiger partial charge in [-0.15, -0.1) is 0 Å². The van der Waals surface area contributed by atoms with Crippen LogP contribution in [-0.4, -0.2) is 44.1 Å². The molecule has 1 fully saturated rings. The molecule has 1 N–H and O–H groups in total. The summed E-state index contributed by atoms with van der Waals surface area (Å²) in [4.78, 5) is 51.9. The summed E-state index contributed by atoms with van der Waals surface area (Å²) < 4.78 is 0.0899. The Morgan fingerprint density at radius 2 is 1.82 bits per heavy atom. The Morgan fingerprint density at radius 3 is 2.39 bits per heavy atom. The number of hydrogen-bond donors (Lipinski definition) is 1. The van der Waals surface area contributed by atoms with Crippen molar-refractivity contribution >= 4 is 63.3 Å². The second-order valence-electron chi connectivity index (χ2n) is 6.91. The summed E-state index contributed by atoms with van der Waals surface area (Å²) in [6.45, 7) is 4.98. The number of carboxylic acids is 1. The van der Waals surface area contributed by atoms with Gasteiger partial charge in [-0.3, -0.25) is 19.3 Å². The highest BCUT2D eigenvalue weighted by atomic mass is 32.2. The smallest absolute Gasteiger partial charge is 0.326 e. The molecule has 146 valence electrons. The van der Waals surface area contributed by atoms with E-state index in [2.05, 4.69) is 0 Å². The molecule has 2 aliphatic heterocycles. The number of rotatable bonds is 4. The van der Waals surface area contributed by atoms with Crippen LogP contribution in [0.25, 0.3) is 5.57 Å². The van der Waals surface area contributed by atoms with E-state index in [1.54, 1.807) is 24.3 Å². The number of carbonyl (C=O) groups is 4. The highest BCUT2D eigenvalue weighted by molar-refractivity contribution is 8.26. The fourth-order valence-electron chi connectivity index (χ4n) is 3.31. The maximum atomic E-state index is 13.1. The van der Waals surface area contributed by atoms with Crippen LogP contribution in [0.4, 0.5) is 5.69 Å². The van der Waals surface area contributed by atoms with Gasteiger partial charge in [-0.25, -0.2) is 9.69 Å². The molecule has 2 heterocycles. The zero-order valence-electron chi connectivity index (χ0n) is 15.5. The van der Waals surface area contributed by atoms with E-state index in [0.717, 1.165) is 21.6 Å². The van der Waals surface area contributed by atoms with E-state index in [0.29, 0.717) is 11.3 Å². The maximum absolute atomic E-state index is 13.1. The van der Waals surface area contributed by atoms with Crippen LogP contribution in [-0.2, 0) is 19.2 Å². The number of aliphatic carboxylic acids is 1. The molecule has 1 aromatic carbocycles. The number of para-hydroxylation sites is 1. The third kappa shape index (κ3) is 3.24. The van der Waals surface area contributed by atoms with E-state index in [4.69, 9.17) is 12.2 Å². The molecule has 1 aromatic rings. The normalized spacial score (nSPS) is 20.2. The molecular formula is C19H18N2O5S2. The van der Waals surface area contributed by atoms with Crippen LogP contribution in [0.5, 0.6) is 0 Å². The van der Waals surface area contributed by atoms with Crippen molar-refractivity contribution in [2.75, 3.05) is 4.90 Å². The standard InChI is InChI=1S/C19H18N2O5S2/c1-9(2)8-13(18(25)26)21-17(24)15(28-19(21)27)14-11-6-4-5-7-12(11)20(10(3)22)16(14)23/h4-7,9,13H,8H2,1-3H3,(H,25,26). The molecule has 0 aromatic heterocycles. The van der Waals surface area contributed by atoms with Crippen molar-refractivity contribution in [3.63, 3.8) is 0 Å². The number of carboxylic acid groups (broad SMARTS) is 1. The van der Waals surface area contributed by atoms with Crippen LogP contribution in [0, 0.1) is 5.92 Å². The minimum absolute atomic E-state index is 0.0282. The van der Waals surface area contributed by atoms with Gasteiger partial charge in [0.2, 0.25) is 5.91 Å². The van der Waals surface area contributed by atoms with Crippen molar-refractivity contribution in [3.05, 3.63) is 34.7 Å². The predicted molar refractivity (Wildman–Crippen MR) is 109 cm³/mol. The lowest BCUT2D eigenvalue weighted by Gasteiger charge is -2.24. The van der Waals surface area contributed by atoms with Gasteiger partial charge in [-0.2, -0.15) is 0 Å². The molecular weight excluding hydrogens is 400 g/mol. The predicted octanol–water partition coefficient (Wildman–Crippen LogP) is 2.65. The Morgan fingerprint density at radius 1 is 1.18 bits per heavy atom. The van der Waals surface area contributed by atoms with Gasteiger partial charge in [0.25, 0.3) is 11.8 Å². The Balaban J connectivity index is 2.12. The lowest BCUT2D eigenvalue weighted by Crippen LogP contribution is -2.44. The lowest BCUT2D eigenvalue weighted by atomic mass is 10.0. The second-order valence-corrected chi connectivity index (χ2v) is 8.55. The molecule has 0 spiro atoms. The van der Waals surface area contributed by atoms with E-state index in [-0.39, 0.29) is 27.1 Å². The van der Waals surface area contributed by atoms with Crippen molar-refractivity contribution in [2.24, 2.45) is 5.92 Å². The van der Waals surface area contributed by atoms with Gasteiger partial charge >= 0.3 is 5.97 Å². The summed E-state index contributed by atoms with van der Waals surface area (Å²) in [5.41, 5.74) is 0.940. The van der Waals surface area contributed by atoms with Gasteiger partial charge in [-0.05, 0) is 18.4 Å². The number of thiocarbonyl (C=S) groups is 1. The molecule has 2 aliphatic rings.